The van der Waals surface area contributed by atoms with Crippen molar-refractivity contribution in [1.82, 2.24) is 0 Å². The summed E-state index contributed by atoms with van der Waals surface area (Å²) in [5.41, 5.74) is 0.700. The first-order valence-corrected chi connectivity index (χ1v) is 38.1. The van der Waals surface area contributed by atoms with Crippen LogP contribution in [0.4, 0.5) is 0 Å². The molecule has 12 nitrogen and oxygen atoms in total. The molecule has 1 saturated carbocycles. The quantitative estimate of drug-likeness (QED) is 0.0236. The summed E-state index contributed by atoms with van der Waals surface area (Å²) in [6, 6.07) is 23.4. The van der Waals surface area contributed by atoms with Crippen LogP contribution in [0.25, 0.3) is 0 Å². The molecule has 4 aromatic carbocycles. The van der Waals surface area contributed by atoms with Crippen molar-refractivity contribution in [2.75, 3.05) is 26.4 Å². The molecule has 0 radical (unpaired) electrons. The molecule has 1 aliphatic rings. The van der Waals surface area contributed by atoms with Crippen molar-refractivity contribution in [1.29, 1.82) is 0 Å². The summed E-state index contributed by atoms with van der Waals surface area (Å²) in [7, 11) is 0. The minimum atomic E-state index is -0.532. The number of carbonyl (C=O) groups excluding carboxylic acids is 4. The zero-order valence-corrected chi connectivity index (χ0v) is 59.1. The van der Waals surface area contributed by atoms with Crippen LogP contribution in [0.2, 0.25) is 0 Å². The standard InChI is InChI=1S/C82H124O12/c1-5-9-13-17-21-25-29-33-37-41-61-87-75-59-49-69(65-77(75)89-63-43-39-35-31-27-23-19-15-11-7-3)81(85)93-73-55-51-71(52-56-73)91-79(83)67-45-47-68(48-46-67)80(84)92-72-53-57-74(58-54-72)94-82(86)70-50-60-76(88-62-42-38-34-30-26-22-18-14-10-6-2)78(66-70)90-64-44-40-36-32-28-24-20-16-12-8-4/h49-60,65-68H,5-48,61-64H2,1-4H3. The first-order chi connectivity index (χ1) is 46.2. The van der Waals surface area contributed by atoms with E-state index in [1.54, 1.807) is 84.9 Å². The maximum atomic E-state index is 13.5. The Hall–Kier alpha value is -6.04. The van der Waals surface area contributed by atoms with Crippen LogP contribution < -0.4 is 37.9 Å². The number of unbranched alkanes of at least 4 members (excludes halogenated alkanes) is 36. The van der Waals surface area contributed by atoms with Gasteiger partial charge in [0.1, 0.15) is 23.0 Å². The van der Waals surface area contributed by atoms with Crippen LogP contribution in [0, 0.1) is 11.8 Å². The molecule has 0 saturated heterocycles. The van der Waals surface area contributed by atoms with E-state index < -0.39 is 11.9 Å². The number of carbonyl (C=O) groups is 4. The summed E-state index contributed by atoms with van der Waals surface area (Å²) in [6.07, 6.45) is 51.6. The molecule has 5 rings (SSSR count). The van der Waals surface area contributed by atoms with Crippen molar-refractivity contribution in [2.24, 2.45) is 11.8 Å². The summed E-state index contributed by atoms with van der Waals surface area (Å²) in [6.45, 7) is 11.3. The Morgan fingerprint density at radius 2 is 0.479 bits per heavy atom. The van der Waals surface area contributed by atoms with E-state index in [0.29, 0.717) is 109 Å². The van der Waals surface area contributed by atoms with E-state index in [2.05, 4.69) is 27.7 Å². The molecular formula is C82H124O12. The lowest BCUT2D eigenvalue weighted by Gasteiger charge is -2.25. The molecule has 0 bridgehead atoms. The normalized spacial score (nSPS) is 13.7. The van der Waals surface area contributed by atoms with Crippen molar-refractivity contribution in [3.05, 3.63) is 96.1 Å². The molecular weight excluding hydrogens is 1180 g/mol. The molecule has 12 heteroatoms. The fourth-order valence-corrected chi connectivity index (χ4v) is 12.3. The van der Waals surface area contributed by atoms with Crippen LogP contribution in [0.1, 0.15) is 331 Å². The van der Waals surface area contributed by atoms with E-state index in [-0.39, 0.29) is 23.8 Å². The fourth-order valence-electron chi connectivity index (χ4n) is 12.3. The van der Waals surface area contributed by atoms with Crippen molar-refractivity contribution < 1.29 is 57.1 Å². The number of rotatable bonds is 56. The van der Waals surface area contributed by atoms with Gasteiger partial charge in [-0.25, -0.2) is 9.59 Å². The fraction of sp³-hybridized carbons (Fsp3) is 0.659. The van der Waals surface area contributed by atoms with Gasteiger partial charge in [-0.15, -0.1) is 0 Å². The smallest absolute Gasteiger partial charge is 0.343 e. The van der Waals surface area contributed by atoms with Gasteiger partial charge in [-0.1, -0.05) is 259 Å². The van der Waals surface area contributed by atoms with E-state index >= 15 is 0 Å². The van der Waals surface area contributed by atoms with E-state index in [4.69, 9.17) is 37.9 Å². The lowest BCUT2D eigenvalue weighted by molar-refractivity contribution is -0.145. The number of ether oxygens (including phenoxy) is 8. The topological polar surface area (TPSA) is 142 Å². The van der Waals surface area contributed by atoms with Gasteiger partial charge in [-0.3, -0.25) is 9.59 Å². The number of hydrogen-bond acceptors (Lipinski definition) is 12. The minimum Gasteiger partial charge on any atom is -0.490 e. The highest BCUT2D eigenvalue weighted by Crippen LogP contribution is 2.35. The molecule has 0 atom stereocenters. The molecule has 0 heterocycles. The maximum Gasteiger partial charge on any atom is 0.343 e. The van der Waals surface area contributed by atoms with Gasteiger partial charge < -0.3 is 37.9 Å². The van der Waals surface area contributed by atoms with Crippen molar-refractivity contribution in [3.8, 4) is 46.0 Å². The van der Waals surface area contributed by atoms with Crippen molar-refractivity contribution in [3.63, 3.8) is 0 Å². The predicted molar refractivity (Wildman–Crippen MR) is 382 cm³/mol. The minimum absolute atomic E-state index is 0.309. The first kappa shape index (κ1) is 78.7. The molecule has 4 aromatic rings. The predicted octanol–water partition coefficient (Wildman–Crippen LogP) is 23.6. The summed E-state index contributed by atoms with van der Waals surface area (Å²) in [4.78, 5) is 53.8. The Kier molecular flexibility index (Phi) is 42.9. The highest BCUT2D eigenvalue weighted by Gasteiger charge is 2.32. The molecule has 0 amide bonds. The average molecular weight is 1300 g/mol. The molecule has 0 unspecified atom stereocenters. The molecule has 0 aliphatic heterocycles. The zero-order chi connectivity index (χ0) is 66.7. The lowest BCUT2D eigenvalue weighted by Crippen LogP contribution is -2.30. The van der Waals surface area contributed by atoms with Crippen molar-refractivity contribution >= 4 is 23.9 Å². The van der Waals surface area contributed by atoms with Crippen LogP contribution >= 0.6 is 0 Å². The third kappa shape index (κ3) is 34.6. The van der Waals surface area contributed by atoms with E-state index in [0.717, 1.165) is 51.4 Å². The number of hydrogen-bond donors (Lipinski definition) is 0. The Balaban J connectivity index is 1.04. The highest BCUT2D eigenvalue weighted by molar-refractivity contribution is 5.92. The lowest BCUT2D eigenvalue weighted by atomic mass is 9.82. The van der Waals surface area contributed by atoms with E-state index in [1.165, 1.54) is 205 Å². The van der Waals surface area contributed by atoms with E-state index in [1.807, 2.05) is 0 Å². The van der Waals surface area contributed by atoms with Gasteiger partial charge in [-0.05, 0) is 136 Å². The van der Waals surface area contributed by atoms with Gasteiger partial charge in [0.2, 0.25) is 0 Å². The van der Waals surface area contributed by atoms with Crippen LogP contribution in [0.3, 0.4) is 0 Å². The highest BCUT2D eigenvalue weighted by atomic mass is 16.6. The Labute approximate surface area is 568 Å². The molecule has 94 heavy (non-hydrogen) atoms. The van der Waals surface area contributed by atoms with Crippen LogP contribution in [-0.4, -0.2) is 50.3 Å². The molecule has 0 N–H and O–H groups in total. The second kappa shape index (κ2) is 51.3. The van der Waals surface area contributed by atoms with Gasteiger partial charge in [0.15, 0.2) is 23.0 Å². The SMILES string of the molecule is CCCCCCCCCCCCOc1ccc(C(=O)Oc2ccc(OC(=O)C3CCC(C(=O)Oc4ccc(OC(=O)c5ccc(OCCCCCCCCCCCC)c(OCCCCCCCCCCCC)c5)cc4)CC3)cc2)cc1OCCCCCCCCCCCC. The Morgan fingerprint density at radius 3 is 0.723 bits per heavy atom. The monoisotopic (exact) mass is 1300 g/mol. The third-order valence-corrected chi connectivity index (χ3v) is 18.3. The van der Waals surface area contributed by atoms with Gasteiger partial charge in [0.05, 0.1) is 49.4 Å². The number of esters is 4. The summed E-state index contributed by atoms with van der Waals surface area (Å²) in [5, 5.41) is 0. The van der Waals surface area contributed by atoms with Gasteiger partial charge in [0.25, 0.3) is 0 Å². The molecule has 0 aromatic heterocycles. The van der Waals surface area contributed by atoms with Gasteiger partial charge in [0, 0.05) is 0 Å². The average Bonchev–Trinajstić information content (AvgIpc) is 0.960. The summed E-state index contributed by atoms with van der Waals surface area (Å²) >= 11 is 0. The van der Waals surface area contributed by atoms with Crippen LogP contribution in [-0.2, 0) is 9.59 Å². The first-order valence-electron chi connectivity index (χ1n) is 38.1. The van der Waals surface area contributed by atoms with Gasteiger partial charge in [-0.2, -0.15) is 0 Å². The summed E-state index contributed by atoms with van der Waals surface area (Å²) in [5.74, 6) is 1.06. The Bertz CT molecular complexity index is 2430. The summed E-state index contributed by atoms with van der Waals surface area (Å²) < 4.78 is 48.2. The van der Waals surface area contributed by atoms with Crippen molar-refractivity contribution in [2.45, 2.75) is 310 Å². The molecule has 0 spiro atoms. The Morgan fingerprint density at radius 1 is 0.266 bits per heavy atom. The van der Waals surface area contributed by atoms with E-state index in [9.17, 15) is 19.2 Å². The van der Waals surface area contributed by atoms with Crippen LogP contribution in [0.15, 0.2) is 84.9 Å². The number of benzene rings is 4. The third-order valence-electron chi connectivity index (χ3n) is 18.3. The van der Waals surface area contributed by atoms with Gasteiger partial charge >= 0.3 is 23.9 Å². The second-order valence-corrected chi connectivity index (χ2v) is 26.6. The maximum absolute atomic E-state index is 13.5. The molecule has 524 valence electrons. The second-order valence-electron chi connectivity index (χ2n) is 26.6. The molecule has 1 fully saturated rings. The van der Waals surface area contributed by atoms with Crippen LogP contribution in [0.5, 0.6) is 46.0 Å². The molecule has 1 aliphatic carbocycles. The largest absolute Gasteiger partial charge is 0.490 e. The zero-order valence-electron chi connectivity index (χ0n) is 59.1.